The maximum atomic E-state index is 4.56. The van der Waals surface area contributed by atoms with Crippen LogP contribution in [0.5, 0.6) is 0 Å². The second-order valence-corrected chi connectivity index (χ2v) is 8.62. The van der Waals surface area contributed by atoms with Crippen molar-refractivity contribution in [3.05, 3.63) is 23.7 Å². The van der Waals surface area contributed by atoms with Gasteiger partial charge in [0.15, 0.2) is 11.6 Å². The SMILES string of the molecule is CN(C)c1nc(CN(C)C2CN(c3ccc(C(C)(C)C)nn3)C2)ns1. The molecule has 25 heavy (non-hydrogen) atoms. The normalized spacial score (nSPS) is 15.6. The van der Waals surface area contributed by atoms with Gasteiger partial charge in [-0.15, -0.1) is 5.10 Å². The highest BCUT2D eigenvalue weighted by Gasteiger charge is 2.32. The first-order chi connectivity index (χ1) is 11.7. The van der Waals surface area contributed by atoms with E-state index in [1.165, 1.54) is 11.5 Å². The average Bonchev–Trinajstić information content (AvgIpc) is 2.94. The first-order valence-corrected chi connectivity index (χ1v) is 9.30. The maximum absolute atomic E-state index is 4.56. The van der Waals surface area contributed by atoms with E-state index in [0.29, 0.717) is 6.04 Å². The molecule has 0 amide bonds. The van der Waals surface area contributed by atoms with Crippen molar-refractivity contribution in [1.29, 1.82) is 0 Å². The van der Waals surface area contributed by atoms with Gasteiger partial charge in [-0.25, -0.2) is 4.98 Å². The molecule has 2 aromatic rings. The van der Waals surface area contributed by atoms with Crippen molar-refractivity contribution in [3.8, 4) is 0 Å². The predicted octanol–water partition coefficient (Wildman–Crippen LogP) is 2.01. The lowest BCUT2D eigenvalue weighted by molar-refractivity contribution is 0.193. The summed E-state index contributed by atoms with van der Waals surface area (Å²) >= 11 is 1.45. The minimum Gasteiger partial charge on any atom is -0.353 e. The Hall–Kier alpha value is -1.80. The van der Waals surface area contributed by atoms with E-state index in [1.54, 1.807) is 0 Å². The summed E-state index contributed by atoms with van der Waals surface area (Å²) in [5.41, 5.74) is 1.06. The molecule has 0 atom stereocenters. The van der Waals surface area contributed by atoms with Crippen LogP contribution in [0.3, 0.4) is 0 Å². The summed E-state index contributed by atoms with van der Waals surface area (Å²) in [5.74, 6) is 1.85. The smallest absolute Gasteiger partial charge is 0.204 e. The van der Waals surface area contributed by atoms with Crippen molar-refractivity contribution in [2.24, 2.45) is 0 Å². The van der Waals surface area contributed by atoms with E-state index in [0.717, 1.165) is 42.1 Å². The predicted molar refractivity (Wildman–Crippen MR) is 102 cm³/mol. The van der Waals surface area contributed by atoms with Crippen LogP contribution in [0.4, 0.5) is 10.9 Å². The van der Waals surface area contributed by atoms with Gasteiger partial charge in [0.2, 0.25) is 5.13 Å². The van der Waals surface area contributed by atoms with Gasteiger partial charge in [-0.05, 0) is 19.2 Å². The number of aromatic nitrogens is 4. The van der Waals surface area contributed by atoms with Crippen molar-refractivity contribution < 1.29 is 0 Å². The van der Waals surface area contributed by atoms with E-state index in [-0.39, 0.29) is 5.41 Å². The molecule has 0 aromatic carbocycles. The molecule has 0 radical (unpaired) electrons. The molecule has 0 saturated carbocycles. The van der Waals surface area contributed by atoms with Crippen LogP contribution in [0, 0.1) is 0 Å². The van der Waals surface area contributed by atoms with Gasteiger partial charge in [-0.3, -0.25) is 4.90 Å². The molecule has 0 bridgehead atoms. The van der Waals surface area contributed by atoms with E-state index in [1.807, 2.05) is 19.0 Å². The lowest BCUT2D eigenvalue weighted by atomic mass is 9.92. The molecule has 3 rings (SSSR count). The van der Waals surface area contributed by atoms with Crippen LogP contribution in [0.2, 0.25) is 0 Å². The van der Waals surface area contributed by atoms with E-state index >= 15 is 0 Å². The molecule has 1 fully saturated rings. The zero-order chi connectivity index (χ0) is 18.2. The van der Waals surface area contributed by atoms with Crippen LogP contribution in [0.25, 0.3) is 0 Å². The maximum Gasteiger partial charge on any atom is 0.204 e. The van der Waals surface area contributed by atoms with Gasteiger partial charge in [0.1, 0.15) is 0 Å². The molecular formula is C17H27N7S. The molecule has 8 heteroatoms. The summed E-state index contributed by atoms with van der Waals surface area (Å²) in [6.07, 6.45) is 0. The number of rotatable bonds is 5. The van der Waals surface area contributed by atoms with Crippen molar-refractivity contribution in [2.75, 3.05) is 44.0 Å². The topological polar surface area (TPSA) is 61.3 Å². The Morgan fingerprint density at radius 2 is 1.88 bits per heavy atom. The summed E-state index contributed by atoms with van der Waals surface area (Å²) in [7, 11) is 6.11. The lowest BCUT2D eigenvalue weighted by Gasteiger charge is -2.44. The molecule has 1 aliphatic rings. The zero-order valence-corrected chi connectivity index (χ0v) is 16.7. The molecule has 2 aromatic heterocycles. The molecule has 1 saturated heterocycles. The fourth-order valence-corrected chi connectivity index (χ4v) is 3.25. The molecule has 0 N–H and O–H groups in total. The second-order valence-electron chi connectivity index (χ2n) is 7.89. The molecule has 0 spiro atoms. The first-order valence-electron chi connectivity index (χ1n) is 8.53. The Labute approximate surface area is 153 Å². The largest absolute Gasteiger partial charge is 0.353 e. The van der Waals surface area contributed by atoms with Crippen LogP contribution in [0.15, 0.2) is 12.1 Å². The van der Waals surface area contributed by atoms with Gasteiger partial charge in [0.05, 0.1) is 12.2 Å². The quantitative estimate of drug-likeness (QED) is 0.807. The molecular weight excluding hydrogens is 334 g/mol. The van der Waals surface area contributed by atoms with Crippen molar-refractivity contribution in [2.45, 2.75) is 38.8 Å². The fraction of sp³-hybridized carbons (Fsp3) is 0.647. The van der Waals surface area contributed by atoms with Gasteiger partial charge in [0.25, 0.3) is 0 Å². The van der Waals surface area contributed by atoms with Gasteiger partial charge in [0, 0.05) is 50.2 Å². The highest BCUT2D eigenvalue weighted by Crippen LogP contribution is 2.25. The minimum absolute atomic E-state index is 0.0369. The molecule has 1 aliphatic heterocycles. The Kier molecular flexibility index (Phi) is 4.92. The fourth-order valence-electron chi connectivity index (χ4n) is 2.66. The van der Waals surface area contributed by atoms with Crippen LogP contribution >= 0.6 is 11.5 Å². The third kappa shape index (κ3) is 4.07. The van der Waals surface area contributed by atoms with Crippen molar-refractivity contribution in [3.63, 3.8) is 0 Å². The van der Waals surface area contributed by atoms with Crippen molar-refractivity contribution >= 4 is 22.5 Å². The Morgan fingerprint density at radius 3 is 2.40 bits per heavy atom. The Morgan fingerprint density at radius 1 is 1.16 bits per heavy atom. The molecule has 136 valence electrons. The standard InChI is InChI=1S/C17H27N7S/c1-17(2,3)13-7-8-15(20-19-13)24-9-12(10-24)23(6)11-14-18-16(22(4)5)25-21-14/h7-8,12H,9-11H2,1-6H3. The average molecular weight is 362 g/mol. The monoisotopic (exact) mass is 361 g/mol. The number of anilines is 2. The third-order valence-corrected chi connectivity index (χ3v) is 5.38. The van der Waals surface area contributed by atoms with Gasteiger partial charge < -0.3 is 9.80 Å². The number of nitrogens with zero attached hydrogens (tertiary/aromatic N) is 7. The summed E-state index contributed by atoms with van der Waals surface area (Å²) < 4.78 is 4.44. The van der Waals surface area contributed by atoms with Gasteiger partial charge in [-0.2, -0.15) is 9.47 Å². The van der Waals surface area contributed by atoms with E-state index in [9.17, 15) is 0 Å². The summed E-state index contributed by atoms with van der Waals surface area (Å²) in [4.78, 5) is 11.1. The Bertz CT molecular complexity index is 699. The van der Waals surface area contributed by atoms with Gasteiger partial charge >= 0.3 is 0 Å². The highest BCUT2D eigenvalue weighted by molar-refractivity contribution is 7.09. The van der Waals surface area contributed by atoms with Crippen LogP contribution in [-0.2, 0) is 12.0 Å². The van der Waals surface area contributed by atoms with Crippen LogP contribution < -0.4 is 9.80 Å². The molecule has 0 aliphatic carbocycles. The lowest BCUT2D eigenvalue weighted by Crippen LogP contribution is -2.58. The number of hydrogen-bond acceptors (Lipinski definition) is 8. The van der Waals surface area contributed by atoms with E-state index in [2.05, 4.69) is 69.3 Å². The highest BCUT2D eigenvalue weighted by atomic mass is 32.1. The number of hydrogen-bond donors (Lipinski definition) is 0. The van der Waals surface area contributed by atoms with E-state index in [4.69, 9.17) is 0 Å². The molecule has 0 unspecified atom stereocenters. The van der Waals surface area contributed by atoms with Crippen molar-refractivity contribution in [1.82, 2.24) is 24.5 Å². The summed E-state index contributed by atoms with van der Waals surface area (Å²) in [6.45, 7) is 9.16. The van der Waals surface area contributed by atoms with Gasteiger partial charge in [-0.1, -0.05) is 20.8 Å². The number of likely N-dealkylation sites (N-methyl/N-ethyl adjacent to an activating group) is 1. The molecule has 3 heterocycles. The van der Waals surface area contributed by atoms with E-state index < -0.39 is 0 Å². The Balaban J connectivity index is 1.53. The summed E-state index contributed by atoms with van der Waals surface area (Å²) in [6, 6.07) is 4.66. The van der Waals surface area contributed by atoms with Crippen LogP contribution in [-0.4, -0.2) is 64.7 Å². The summed E-state index contributed by atoms with van der Waals surface area (Å²) in [5, 5.41) is 9.73. The second kappa shape index (κ2) is 6.84. The first kappa shape index (κ1) is 18.0. The molecule has 7 nitrogen and oxygen atoms in total. The third-order valence-electron chi connectivity index (χ3n) is 4.46. The zero-order valence-electron chi connectivity index (χ0n) is 15.9. The minimum atomic E-state index is 0.0369. The van der Waals surface area contributed by atoms with Crippen LogP contribution in [0.1, 0.15) is 32.3 Å².